The van der Waals surface area contributed by atoms with Crippen molar-refractivity contribution in [2.45, 2.75) is 45.2 Å². The molecule has 0 fully saturated rings. The number of hydrogen-bond acceptors (Lipinski definition) is 2. The van der Waals surface area contributed by atoms with E-state index >= 15 is 0 Å². The average Bonchev–Trinajstić information content (AvgIpc) is 2.13. The first-order chi connectivity index (χ1) is 7.62. The quantitative estimate of drug-likeness (QED) is 0.690. The summed E-state index contributed by atoms with van der Waals surface area (Å²) in [5.74, 6) is -0.443. The van der Waals surface area contributed by atoms with E-state index in [-0.39, 0.29) is 11.8 Å². The van der Waals surface area contributed by atoms with E-state index in [1.165, 1.54) is 12.2 Å². The second-order valence-corrected chi connectivity index (χ2v) is 5.33. The molecule has 2 amide bonds. The van der Waals surface area contributed by atoms with Gasteiger partial charge in [-0.05, 0) is 46.3 Å². The van der Waals surface area contributed by atoms with Crippen LogP contribution in [0.4, 0.5) is 0 Å². The Morgan fingerprint density at radius 2 is 1.24 bits per heavy atom. The van der Waals surface area contributed by atoms with Crippen LogP contribution in [0.3, 0.4) is 0 Å². The molecule has 0 aliphatic heterocycles. The molecule has 0 aliphatic rings. The Labute approximate surface area is 103 Å². The molecule has 0 atom stereocenters. The fraction of sp³-hybridized carbons (Fsp3) is 0.538. The molecule has 0 aliphatic carbocycles. The molecule has 0 aromatic heterocycles. The molecule has 0 rings (SSSR count). The Balaban J connectivity index is 4.56. The van der Waals surface area contributed by atoms with Crippen molar-refractivity contribution in [2.75, 3.05) is 0 Å². The largest absolute Gasteiger partial charge is 0.348 e. The van der Waals surface area contributed by atoms with Crippen molar-refractivity contribution in [1.82, 2.24) is 10.6 Å². The van der Waals surface area contributed by atoms with Gasteiger partial charge in [0, 0.05) is 11.1 Å². The van der Waals surface area contributed by atoms with Crippen LogP contribution in [0.25, 0.3) is 0 Å². The van der Waals surface area contributed by atoms with Crippen molar-refractivity contribution < 1.29 is 9.59 Å². The summed E-state index contributed by atoms with van der Waals surface area (Å²) in [5, 5.41) is 5.64. The highest BCUT2D eigenvalue weighted by Crippen LogP contribution is 2.19. The summed E-state index contributed by atoms with van der Waals surface area (Å²) in [6.07, 6.45) is 3.06. The Morgan fingerprint density at radius 1 is 0.941 bits per heavy atom. The number of carbonyl (C=O) groups excluding carboxylic acids is 2. The van der Waals surface area contributed by atoms with Crippen molar-refractivity contribution in [1.29, 1.82) is 0 Å². The minimum atomic E-state index is -0.427. The Hall–Kier alpha value is -1.58. The lowest BCUT2D eigenvalue weighted by molar-refractivity contribution is -0.118. The van der Waals surface area contributed by atoms with Crippen LogP contribution < -0.4 is 10.6 Å². The number of rotatable bonds is 6. The van der Waals surface area contributed by atoms with E-state index in [9.17, 15) is 9.59 Å². The van der Waals surface area contributed by atoms with E-state index in [2.05, 4.69) is 23.8 Å². The van der Waals surface area contributed by atoms with Gasteiger partial charge in [0.1, 0.15) is 0 Å². The molecular weight excluding hydrogens is 216 g/mol. The third-order valence-corrected chi connectivity index (χ3v) is 2.18. The SMILES string of the molecule is C=CC(=O)NC(C)(C)CC(C)(C)NC(=O)C=C. The molecule has 2 N–H and O–H groups in total. The summed E-state index contributed by atoms with van der Waals surface area (Å²) in [6.45, 7) is 14.4. The zero-order valence-electron chi connectivity index (χ0n) is 11.1. The molecule has 0 saturated heterocycles. The van der Waals surface area contributed by atoms with Crippen LogP contribution in [0, 0.1) is 0 Å². The van der Waals surface area contributed by atoms with Gasteiger partial charge in [-0.15, -0.1) is 0 Å². The van der Waals surface area contributed by atoms with Crippen LogP contribution in [0.1, 0.15) is 34.1 Å². The lowest BCUT2D eigenvalue weighted by Crippen LogP contribution is -2.53. The molecule has 0 bridgehead atoms. The van der Waals surface area contributed by atoms with Gasteiger partial charge in [-0.1, -0.05) is 13.2 Å². The van der Waals surface area contributed by atoms with E-state index in [0.29, 0.717) is 6.42 Å². The maximum absolute atomic E-state index is 11.3. The third kappa shape index (κ3) is 6.56. The minimum absolute atomic E-state index is 0.221. The normalized spacial score (nSPS) is 11.5. The summed E-state index contributed by atoms with van der Waals surface area (Å²) in [6, 6.07) is 0. The van der Waals surface area contributed by atoms with Gasteiger partial charge in [0.25, 0.3) is 0 Å². The Kier molecular flexibility index (Phi) is 5.13. The molecule has 0 unspecified atom stereocenters. The molecule has 96 valence electrons. The second kappa shape index (κ2) is 5.66. The highest BCUT2D eigenvalue weighted by Gasteiger charge is 2.30. The van der Waals surface area contributed by atoms with Crippen LogP contribution >= 0.6 is 0 Å². The third-order valence-electron chi connectivity index (χ3n) is 2.18. The summed E-state index contributed by atoms with van der Waals surface area (Å²) in [7, 11) is 0. The van der Waals surface area contributed by atoms with Gasteiger partial charge < -0.3 is 10.6 Å². The van der Waals surface area contributed by atoms with Crippen molar-refractivity contribution in [3.63, 3.8) is 0 Å². The zero-order chi connectivity index (χ0) is 13.7. The van der Waals surface area contributed by atoms with E-state index in [1.54, 1.807) is 0 Å². The number of nitrogens with one attached hydrogen (secondary N) is 2. The standard InChI is InChI=1S/C13H22N2O2/c1-7-10(16)14-12(3,4)9-13(5,6)15-11(17)8-2/h7-8H,1-2,9H2,3-6H3,(H,14,16)(H,15,17). The van der Waals surface area contributed by atoms with E-state index < -0.39 is 11.1 Å². The smallest absolute Gasteiger partial charge is 0.243 e. The fourth-order valence-electron chi connectivity index (χ4n) is 1.96. The average molecular weight is 238 g/mol. The van der Waals surface area contributed by atoms with Crippen molar-refractivity contribution >= 4 is 11.8 Å². The number of carbonyl (C=O) groups is 2. The minimum Gasteiger partial charge on any atom is -0.348 e. The van der Waals surface area contributed by atoms with E-state index in [4.69, 9.17) is 0 Å². The molecule has 4 heteroatoms. The molecule has 17 heavy (non-hydrogen) atoms. The van der Waals surface area contributed by atoms with Crippen molar-refractivity contribution in [2.24, 2.45) is 0 Å². The van der Waals surface area contributed by atoms with Crippen molar-refractivity contribution in [3.05, 3.63) is 25.3 Å². The summed E-state index contributed by atoms with van der Waals surface area (Å²) < 4.78 is 0. The lowest BCUT2D eigenvalue weighted by atomic mass is 9.86. The van der Waals surface area contributed by atoms with Crippen LogP contribution in [0.5, 0.6) is 0 Å². The first kappa shape index (κ1) is 15.4. The van der Waals surface area contributed by atoms with Gasteiger partial charge in [-0.25, -0.2) is 0 Å². The zero-order valence-corrected chi connectivity index (χ0v) is 11.1. The lowest BCUT2D eigenvalue weighted by Gasteiger charge is -2.35. The van der Waals surface area contributed by atoms with Gasteiger partial charge in [0.15, 0.2) is 0 Å². The molecular formula is C13H22N2O2. The molecule has 0 radical (unpaired) electrons. The first-order valence-corrected chi connectivity index (χ1v) is 5.51. The summed E-state index contributed by atoms with van der Waals surface area (Å²) >= 11 is 0. The second-order valence-electron chi connectivity index (χ2n) is 5.33. The van der Waals surface area contributed by atoms with E-state index in [1.807, 2.05) is 27.7 Å². The Bertz CT molecular complexity index is 298. The predicted octanol–water partition coefficient (Wildman–Crippen LogP) is 1.54. The van der Waals surface area contributed by atoms with Gasteiger partial charge in [0.05, 0.1) is 0 Å². The highest BCUT2D eigenvalue weighted by atomic mass is 16.2. The fourth-order valence-corrected chi connectivity index (χ4v) is 1.96. The number of amides is 2. The van der Waals surface area contributed by atoms with Crippen LogP contribution in [0.15, 0.2) is 25.3 Å². The van der Waals surface area contributed by atoms with E-state index in [0.717, 1.165) is 0 Å². The molecule has 0 saturated carbocycles. The van der Waals surface area contributed by atoms with Crippen LogP contribution in [0.2, 0.25) is 0 Å². The molecule has 0 heterocycles. The summed E-state index contributed by atoms with van der Waals surface area (Å²) in [5.41, 5.74) is -0.855. The maximum Gasteiger partial charge on any atom is 0.243 e. The molecule has 0 aromatic rings. The van der Waals surface area contributed by atoms with Gasteiger partial charge in [-0.3, -0.25) is 9.59 Å². The topological polar surface area (TPSA) is 58.2 Å². The molecule has 0 aromatic carbocycles. The van der Waals surface area contributed by atoms with Crippen LogP contribution in [-0.2, 0) is 9.59 Å². The first-order valence-electron chi connectivity index (χ1n) is 5.51. The van der Waals surface area contributed by atoms with Crippen LogP contribution in [-0.4, -0.2) is 22.9 Å². The Morgan fingerprint density at radius 3 is 1.47 bits per heavy atom. The van der Waals surface area contributed by atoms with Gasteiger partial charge in [0.2, 0.25) is 11.8 Å². The highest BCUT2D eigenvalue weighted by molar-refractivity contribution is 5.88. The predicted molar refractivity (Wildman–Crippen MR) is 69.5 cm³/mol. The summed E-state index contributed by atoms with van der Waals surface area (Å²) in [4.78, 5) is 22.5. The monoisotopic (exact) mass is 238 g/mol. The van der Waals surface area contributed by atoms with Gasteiger partial charge in [-0.2, -0.15) is 0 Å². The molecule has 4 nitrogen and oxygen atoms in total. The van der Waals surface area contributed by atoms with Crippen molar-refractivity contribution in [3.8, 4) is 0 Å². The number of hydrogen-bond donors (Lipinski definition) is 2. The molecule has 0 spiro atoms. The van der Waals surface area contributed by atoms with Gasteiger partial charge >= 0.3 is 0 Å². The maximum atomic E-state index is 11.3.